The highest BCUT2D eigenvalue weighted by molar-refractivity contribution is 7.71. The van der Waals surface area contributed by atoms with E-state index in [1.807, 2.05) is 16.8 Å². The Morgan fingerprint density at radius 1 is 0.967 bits per heavy atom. The van der Waals surface area contributed by atoms with Crippen LogP contribution in [0, 0.1) is 28.4 Å². The molecule has 30 heavy (non-hydrogen) atoms. The van der Waals surface area contributed by atoms with Gasteiger partial charge >= 0.3 is 0 Å². The van der Waals surface area contributed by atoms with E-state index in [-0.39, 0.29) is 11.2 Å². The maximum atomic E-state index is 13.2. The molecule has 4 aliphatic carbocycles. The number of hydrogen-bond donors (Lipinski definition) is 0. The predicted molar refractivity (Wildman–Crippen MR) is 115 cm³/mol. The number of rotatable bonds is 4. The minimum absolute atomic E-state index is 0.148. The number of piperazine rings is 1. The molecule has 4 bridgehead atoms. The molecule has 5 nitrogen and oxygen atoms in total. The summed E-state index contributed by atoms with van der Waals surface area (Å²) in [5.41, 5.74) is 1.23. The summed E-state index contributed by atoms with van der Waals surface area (Å²) >= 11 is 5.57. The molecule has 2 aromatic rings. The fourth-order valence-electron chi connectivity index (χ4n) is 6.97. The molecule has 7 heteroatoms. The third-order valence-electron chi connectivity index (χ3n) is 8.00. The number of nitrogens with zero attached hydrogens (tertiary/aromatic N) is 4. The first-order valence-corrected chi connectivity index (χ1v) is 11.8. The van der Waals surface area contributed by atoms with Crippen molar-refractivity contribution in [2.24, 2.45) is 17.8 Å². The third kappa shape index (κ3) is 3.30. The Morgan fingerprint density at radius 2 is 1.57 bits per heavy atom. The number of hydrogen-bond acceptors (Lipinski definition) is 5. The van der Waals surface area contributed by atoms with Gasteiger partial charge in [0.2, 0.25) is 5.89 Å². The zero-order valence-corrected chi connectivity index (χ0v) is 18.1. The fourth-order valence-corrected chi connectivity index (χ4v) is 7.15. The van der Waals surface area contributed by atoms with Gasteiger partial charge in [-0.15, -0.1) is 5.10 Å². The summed E-state index contributed by atoms with van der Waals surface area (Å²) < 4.78 is 21.2. The normalized spacial score (nSPS) is 33.4. The zero-order chi connectivity index (χ0) is 20.3. The van der Waals surface area contributed by atoms with E-state index in [9.17, 15) is 4.39 Å². The second kappa shape index (κ2) is 7.16. The highest BCUT2D eigenvalue weighted by Crippen LogP contribution is 2.60. The zero-order valence-electron chi connectivity index (χ0n) is 17.3. The van der Waals surface area contributed by atoms with E-state index in [2.05, 4.69) is 9.80 Å². The van der Waals surface area contributed by atoms with Crippen molar-refractivity contribution < 1.29 is 8.81 Å². The van der Waals surface area contributed by atoms with Crippen LogP contribution >= 0.6 is 12.2 Å². The molecule has 1 saturated heterocycles. The van der Waals surface area contributed by atoms with Crippen LogP contribution in [0.2, 0.25) is 0 Å². The van der Waals surface area contributed by atoms with Gasteiger partial charge in [-0.2, -0.15) is 0 Å². The van der Waals surface area contributed by atoms with Gasteiger partial charge in [0.1, 0.15) is 5.82 Å². The van der Waals surface area contributed by atoms with Crippen LogP contribution in [0.5, 0.6) is 0 Å². The third-order valence-corrected chi connectivity index (χ3v) is 8.29. The molecule has 0 amide bonds. The van der Waals surface area contributed by atoms with Crippen LogP contribution in [0.1, 0.15) is 44.4 Å². The molecule has 4 saturated carbocycles. The van der Waals surface area contributed by atoms with E-state index in [1.165, 1.54) is 50.7 Å². The van der Waals surface area contributed by atoms with Crippen molar-refractivity contribution >= 4 is 17.9 Å². The van der Waals surface area contributed by atoms with Crippen molar-refractivity contribution in [3.63, 3.8) is 0 Å². The van der Waals surface area contributed by atoms with E-state index in [0.717, 1.165) is 55.5 Å². The topological polar surface area (TPSA) is 37.4 Å². The number of halogens is 1. The SMILES string of the molecule is Fc1ccc(N2CCN(Cn3nc(C45CC6CC(CC(C6)C4)C5)oc3=S)CC2)cc1. The monoisotopic (exact) mass is 428 g/mol. The van der Waals surface area contributed by atoms with Gasteiger partial charge in [0.05, 0.1) is 6.67 Å². The van der Waals surface area contributed by atoms with Crippen LogP contribution in [-0.4, -0.2) is 40.9 Å². The first kappa shape index (κ1) is 19.0. The second-order valence-corrected chi connectivity index (χ2v) is 10.4. The van der Waals surface area contributed by atoms with E-state index in [1.54, 1.807) is 0 Å². The van der Waals surface area contributed by atoms with Gasteiger partial charge in [-0.1, -0.05) is 0 Å². The molecule has 1 aliphatic heterocycles. The smallest absolute Gasteiger partial charge is 0.288 e. The minimum atomic E-state index is -0.187. The van der Waals surface area contributed by atoms with Crippen LogP contribution in [0.15, 0.2) is 28.7 Å². The second-order valence-electron chi connectivity index (χ2n) is 10.1. The Labute approximate surface area is 181 Å². The van der Waals surface area contributed by atoms with E-state index < -0.39 is 0 Å². The average Bonchev–Trinajstić information content (AvgIpc) is 3.10. The molecule has 7 rings (SSSR count). The van der Waals surface area contributed by atoms with Gasteiger partial charge < -0.3 is 9.32 Å². The molecule has 160 valence electrons. The van der Waals surface area contributed by atoms with Crippen molar-refractivity contribution in [2.45, 2.75) is 50.6 Å². The van der Waals surface area contributed by atoms with Gasteiger partial charge in [-0.05, 0) is 92.8 Å². The van der Waals surface area contributed by atoms with Crippen molar-refractivity contribution in [3.8, 4) is 0 Å². The Morgan fingerprint density at radius 3 is 2.17 bits per heavy atom. The molecule has 0 N–H and O–H groups in total. The fraction of sp³-hybridized carbons (Fsp3) is 0.652. The summed E-state index contributed by atoms with van der Waals surface area (Å²) in [4.78, 5) is 5.20. The molecule has 1 aromatic carbocycles. The highest BCUT2D eigenvalue weighted by atomic mass is 32.1. The molecule has 2 heterocycles. The Bertz CT molecular complexity index is 941. The maximum Gasteiger partial charge on any atom is 0.288 e. The van der Waals surface area contributed by atoms with E-state index >= 15 is 0 Å². The first-order chi connectivity index (χ1) is 14.6. The van der Waals surface area contributed by atoms with Crippen LogP contribution in [0.3, 0.4) is 0 Å². The lowest BCUT2D eigenvalue weighted by Gasteiger charge is -2.55. The summed E-state index contributed by atoms with van der Waals surface area (Å²) in [5.74, 6) is 3.32. The number of anilines is 1. The lowest BCUT2D eigenvalue weighted by molar-refractivity contribution is -0.0181. The lowest BCUT2D eigenvalue weighted by Crippen LogP contribution is -2.49. The van der Waals surface area contributed by atoms with Gasteiger partial charge in [-0.25, -0.2) is 9.07 Å². The van der Waals surface area contributed by atoms with Crippen molar-refractivity contribution in [1.82, 2.24) is 14.7 Å². The highest BCUT2D eigenvalue weighted by Gasteiger charge is 2.54. The molecule has 0 radical (unpaired) electrons. The van der Waals surface area contributed by atoms with Crippen molar-refractivity contribution in [1.29, 1.82) is 0 Å². The van der Waals surface area contributed by atoms with Crippen LogP contribution in [0.4, 0.5) is 10.1 Å². The average molecular weight is 429 g/mol. The number of aromatic nitrogens is 2. The molecular weight excluding hydrogens is 399 g/mol. The quantitative estimate of drug-likeness (QED) is 0.666. The predicted octanol–water partition coefficient (Wildman–Crippen LogP) is 4.59. The number of benzene rings is 1. The largest absolute Gasteiger partial charge is 0.413 e. The Balaban J connectivity index is 1.13. The first-order valence-electron chi connectivity index (χ1n) is 11.4. The Kier molecular flexibility index (Phi) is 4.53. The summed E-state index contributed by atoms with van der Waals surface area (Å²) in [6.07, 6.45) is 7.97. The van der Waals surface area contributed by atoms with E-state index in [4.69, 9.17) is 21.7 Å². The molecular formula is C23H29FN4OS. The van der Waals surface area contributed by atoms with Gasteiger partial charge in [0.15, 0.2) is 0 Å². The summed E-state index contributed by atoms with van der Waals surface area (Å²) in [6, 6.07) is 6.78. The van der Waals surface area contributed by atoms with Gasteiger partial charge in [-0.3, -0.25) is 4.90 Å². The molecule has 0 spiro atoms. The van der Waals surface area contributed by atoms with E-state index in [0.29, 0.717) is 11.5 Å². The molecule has 1 aromatic heterocycles. The molecule has 5 aliphatic rings. The molecule has 5 fully saturated rings. The van der Waals surface area contributed by atoms with Crippen molar-refractivity contribution in [2.75, 3.05) is 31.1 Å². The van der Waals surface area contributed by atoms with Crippen LogP contribution in [0.25, 0.3) is 0 Å². The summed E-state index contributed by atoms with van der Waals surface area (Å²) in [6.45, 7) is 4.38. The van der Waals surface area contributed by atoms with Crippen LogP contribution < -0.4 is 4.90 Å². The molecule has 0 atom stereocenters. The van der Waals surface area contributed by atoms with Gasteiger partial charge in [0.25, 0.3) is 4.84 Å². The van der Waals surface area contributed by atoms with Gasteiger partial charge in [0, 0.05) is 37.3 Å². The minimum Gasteiger partial charge on any atom is -0.413 e. The summed E-state index contributed by atoms with van der Waals surface area (Å²) in [7, 11) is 0. The summed E-state index contributed by atoms with van der Waals surface area (Å²) in [5, 5.41) is 4.93. The van der Waals surface area contributed by atoms with Crippen molar-refractivity contribution in [3.05, 3.63) is 40.8 Å². The Hall–Kier alpha value is -1.73. The van der Waals surface area contributed by atoms with Crippen LogP contribution in [-0.2, 0) is 12.1 Å². The maximum absolute atomic E-state index is 13.2. The lowest BCUT2D eigenvalue weighted by atomic mass is 9.49. The molecule has 0 unspecified atom stereocenters. The standard InChI is InChI=1S/C23H29FN4OS/c24-19-1-3-20(4-2-19)27-7-5-26(6-8-27)15-28-22(30)29-21(25-28)23-12-16-9-17(13-23)11-18(10-16)14-23/h1-4,16-18H,5-15H2.